The zero-order chi connectivity index (χ0) is 18.8. The van der Waals surface area contributed by atoms with Gasteiger partial charge in [-0.25, -0.2) is 0 Å². The van der Waals surface area contributed by atoms with Crippen LogP contribution in [0.4, 0.5) is 0 Å². The Bertz CT molecular complexity index is 1060. The predicted octanol–water partition coefficient (Wildman–Crippen LogP) is 4.73. The second kappa shape index (κ2) is 8.58. The molecular weight excluding hydrogens is 381 g/mol. The molecule has 0 aliphatic carbocycles. The molecule has 0 aliphatic rings. The molecule has 0 saturated heterocycles. The summed E-state index contributed by atoms with van der Waals surface area (Å²) in [6.45, 7) is 4.95. The van der Waals surface area contributed by atoms with Crippen molar-refractivity contribution in [2.24, 2.45) is 11.7 Å². The standard InChI is InChI=1S/C21H20ClN3O.ClH/c1-13(2)12-25-19(11-24)20(15-4-6-16(22)7-5-15)18-9-14(10-23)3-8-17(18)21(25)26;/h3-9,13H,11-12,24H2,1-2H3;1H. The fraction of sp³-hybridized carbons (Fsp3) is 0.238. The lowest BCUT2D eigenvalue weighted by Crippen LogP contribution is -2.28. The lowest BCUT2D eigenvalue weighted by molar-refractivity contribution is 0.499. The summed E-state index contributed by atoms with van der Waals surface area (Å²) in [7, 11) is 0. The number of aromatic nitrogens is 1. The van der Waals surface area contributed by atoms with Crippen LogP contribution in [0.2, 0.25) is 5.02 Å². The molecule has 0 aliphatic heterocycles. The van der Waals surface area contributed by atoms with Crippen molar-refractivity contribution in [2.45, 2.75) is 26.9 Å². The summed E-state index contributed by atoms with van der Waals surface area (Å²) >= 11 is 6.04. The Morgan fingerprint density at radius 1 is 1.15 bits per heavy atom. The van der Waals surface area contributed by atoms with Gasteiger partial charge in [0, 0.05) is 34.8 Å². The normalized spacial score (nSPS) is 10.7. The number of nitrogens with two attached hydrogens (primary N) is 1. The highest BCUT2D eigenvalue weighted by molar-refractivity contribution is 6.30. The van der Waals surface area contributed by atoms with Crippen LogP contribution >= 0.6 is 24.0 Å². The Balaban J connectivity index is 0.00000261. The van der Waals surface area contributed by atoms with Crippen molar-refractivity contribution in [2.75, 3.05) is 0 Å². The number of hydrogen-bond donors (Lipinski definition) is 1. The van der Waals surface area contributed by atoms with Crippen molar-refractivity contribution in [3.05, 3.63) is 69.1 Å². The number of fused-ring (bicyclic) bond motifs is 1. The first-order valence-electron chi connectivity index (χ1n) is 8.51. The number of nitrogens with zero attached hydrogens (tertiary/aromatic N) is 2. The minimum atomic E-state index is -0.0728. The zero-order valence-corrected chi connectivity index (χ0v) is 16.8. The van der Waals surface area contributed by atoms with Gasteiger partial charge in [0.05, 0.1) is 11.6 Å². The lowest BCUT2D eigenvalue weighted by Gasteiger charge is -2.20. The maximum absolute atomic E-state index is 13.1. The van der Waals surface area contributed by atoms with Crippen molar-refractivity contribution in [3.8, 4) is 17.2 Å². The summed E-state index contributed by atoms with van der Waals surface area (Å²) < 4.78 is 1.77. The maximum Gasteiger partial charge on any atom is 0.258 e. The summed E-state index contributed by atoms with van der Waals surface area (Å²) in [5.41, 5.74) is 9.09. The van der Waals surface area contributed by atoms with Gasteiger partial charge in [-0.05, 0) is 47.2 Å². The Hall–Kier alpha value is -2.32. The second-order valence-electron chi connectivity index (χ2n) is 6.71. The van der Waals surface area contributed by atoms with E-state index in [-0.39, 0.29) is 24.5 Å². The largest absolute Gasteiger partial charge is 0.325 e. The Morgan fingerprint density at radius 2 is 1.81 bits per heavy atom. The minimum Gasteiger partial charge on any atom is -0.325 e. The molecule has 4 nitrogen and oxygen atoms in total. The average Bonchev–Trinajstić information content (AvgIpc) is 2.64. The van der Waals surface area contributed by atoms with Crippen molar-refractivity contribution in [1.82, 2.24) is 4.57 Å². The first-order chi connectivity index (χ1) is 12.5. The molecule has 0 radical (unpaired) electrons. The van der Waals surface area contributed by atoms with Crippen LogP contribution in [-0.4, -0.2) is 4.57 Å². The first-order valence-corrected chi connectivity index (χ1v) is 8.89. The van der Waals surface area contributed by atoms with Crippen LogP contribution in [0.1, 0.15) is 25.1 Å². The highest BCUT2D eigenvalue weighted by atomic mass is 35.5. The molecule has 0 spiro atoms. The van der Waals surface area contributed by atoms with Gasteiger partial charge in [0.2, 0.25) is 0 Å². The Morgan fingerprint density at radius 3 is 2.37 bits per heavy atom. The fourth-order valence-electron chi connectivity index (χ4n) is 3.27. The fourth-order valence-corrected chi connectivity index (χ4v) is 3.40. The Labute approximate surface area is 169 Å². The molecule has 3 rings (SSSR count). The van der Waals surface area contributed by atoms with Gasteiger partial charge in [-0.3, -0.25) is 4.79 Å². The average molecular weight is 402 g/mol. The number of pyridine rings is 1. The van der Waals surface area contributed by atoms with Gasteiger partial charge in [0.25, 0.3) is 5.56 Å². The second-order valence-corrected chi connectivity index (χ2v) is 7.15. The van der Waals surface area contributed by atoms with Crippen LogP contribution in [0.15, 0.2) is 47.3 Å². The van der Waals surface area contributed by atoms with E-state index < -0.39 is 0 Å². The van der Waals surface area contributed by atoms with Crippen LogP contribution in [0.25, 0.3) is 21.9 Å². The van der Waals surface area contributed by atoms with Gasteiger partial charge in [0.1, 0.15) is 0 Å². The summed E-state index contributed by atoms with van der Waals surface area (Å²) in [6.07, 6.45) is 0. The van der Waals surface area contributed by atoms with Crippen LogP contribution in [-0.2, 0) is 13.1 Å². The van der Waals surface area contributed by atoms with E-state index in [1.54, 1.807) is 22.8 Å². The van der Waals surface area contributed by atoms with E-state index in [0.717, 1.165) is 22.2 Å². The number of hydrogen-bond acceptors (Lipinski definition) is 3. The van der Waals surface area contributed by atoms with Gasteiger partial charge in [-0.1, -0.05) is 37.6 Å². The van der Waals surface area contributed by atoms with Gasteiger partial charge < -0.3 is 10.3 Å². The van der Waals surface area contributed by atoms with E-state index in [1.165, 1.54) is 0 Å². The van der Waals surface area contributed by atoms with Crippen molar-refractivity contribution in [1.29, 1.82) is 5.26 Å². The van der Waals surface area contributed by atoms with E-state index in [9.17, 15) is 10.1 Å². The van der Waals surface area contributed by atoms with Gasteiger partial charge in [-0.15, -0.1) is 12.4 Å². The third-order valence-electron chi connectivity index (χ3n) is 4.38. The van der Waals surface area contributed by atoms with E-state index >= 15 is 0 Å². The Kier molecular flexibility index (Phi) is 6.67. The molecule has 6 heteroatoms. The first kappa shape index (κ1) is 21.0. The monoisotopic (exact) mass is 401 g/mol. The molecule has 0 fully saturated rings. The molecule has 1 aromatic heterocycles. The SMILES string of the molecule is CC(C)Cn1c(CN)c(-c2ccc(Cl)cc2)c2cc(C#N)ccc2c1=O.Cl. The lowest BCUT2D eigenvalue weighted by atomic mass is 9.95. The third-order valence-corrected chi connectivity index (χ3v) is 4.63. The number of halogens is 2. The molecule has 3 aromatic rings. The smallest absolute Gasteiger partial charge is 0.258 e. The third kappa shape index (κ3) is 4.01. The number of benzene rings is 2. The van der Waals surface area contributed by atoms with Crippen LogP contribution in [0.5, 0.6) is 0 Å². The molecule has 2 N–H and O–H groups in total. The molecule has 2 aromatic carbocycles. The molecule has 27 heavy (non-hydrogen) atoms. The topological polar surface area (TPSA) is 71.8 Å². The van der Waals surface area contributed by atoms with Gasteiger partial charge in [0.15, 0.2) is 0 Å². The predicted molar refractivity (Wildman–Crippen MR) is 113 cm³/mol. The van der Waals surface area contributed by atoms with E-state index in [1.807, 2.05) is 24.3 Å². The molecular formula is C21H21Cl2N3O. The number of rotatable bonds is 4. The molecule has 0 atom stereocenters. The van der Waals surface area contributed by atoms with Crippen molar-refractivity contribution < 1.29 is 0 Å². The van der Waals surface area contributed by atoms with E-state index in [2.05, 4.69) is 19.9 Å². The summed E-state index contributed by atoms with van der Waals surface area (Å²) in [5, 5.41) is 11.3. The van der Waals surface area contributed by atoms with Crippen LogP contribution in [0, 0.1) is 17.2 Å². The van der Waals surface area contributed by atoms with Gasteiger partial charge in [-0.2, -0.15) is 5.26 Å². The molecule has 0 unspecified atom stereocenters. The number of nitriles is 1. The molecule has 0 amide bonds. The molecule has 140 valence electrons. The molecule has 1 heterocycles. The molecule has 0 saturated carbocycles. The van der Waals surface area contributed by atoms with Gasteiger partial charge >= 0.3 is 0 Å². The van der Waals surface area contributed by atoms with Crippen molar-refractivity contribution >= 4 is 34.8 Å². The highest BCUT2D eigenvalue weighted by Crippen LogP contribution is 2.32. The van der Waals surface area contributed by atoms with Crippen LogP contribution < -0.4 is 11.3 Å². The summed E-state index contributed by atoms with van der Waals surface area (Å²) in [4.78, 5) is 13.1. The van der Waals surface area contributed by atoms with E-state index in [0.29, 0.717) is 28.4 Å². The minimum absolute atomic E-state index is 0. The highest BCUT2D eigenvalue weighted by Gasteiger charge is 2.18. The summed E-state index contributed by atoms with van der Waals surface area (Å²) in [5.74, 6) is 0.298. The van der Waals surface area contributed by atoms with Crippen LogP contribution in [0.3, 0.4) is 0 Å². The summed E-state index contributed by atoms with van der Waals surface area (Å²) in [6, 6.07) is 14.8. The zero-order valence-electron chi connectivity index (χ0n) is 15.2. The quantitative estimate of drug-likeness (QED) is 0.686. The van der Waals surface area contributed by atoms with Crippen molar-refractivity contribution in [3.63, 3.8) is 0 Å². The molecule has 0 bridgehead atoms. The maximum atomic E-state index is 13.1. The van der Waals surface area contributed by atoms with E-state index in [4.69, 9.17) is 17.3 Å².